The summed E-state index contributed by atoms with van der Waals surface area (Å²) in [6, 6.07) is 17.3. The van der Waals surface area contributed by atoms with Crippen LogP contribution in [0.15, 0.2) is 65.3 Å². The summed E-state index contributed by atoms with van der Waals surface area (Å²) in [4.78, 5) is 11.6. The molecule has 0 spiro atoms. The second kappa shape index (κ2) is 5.74. The Hall–Kier alpha value is -2.07. The molecule has 1 aromatic heterocycles. The van der Waals surface area contributed by atoms with E-state index in [-0.39, 0.29) is 0 Å². The predicted molar refractivity (Wildman–Crippen MR) is 86.5 cm³/mol. The van der Waals surface area contributed by atoms with E-state index in [1.54, 1.807) is 0 Å². The van der Waals surface area contributed by atoms with E-state index < -0.39 is 11.9 Å². The van der Waals surface area contributed by atoms with E-state index in [0.717, 1.165) is 20.9 Å². The number of hydrogen-bond acceptors (Lipinski definition) is 1. The number of hydrogen-bond donors (Lipinski definition) is 1. The normalized spacial score (nSPS) is 12.4. The third-order valence-corrected chi connectivity index (χ3v) is 4.25. The number of carboxylic acids is 1. The average Bonchev–Trinajstić information content (AvgIpc) is 2.82. The van der Waals surface area contributed by atoms with Crippen LogP contribution in [0.5, 0.6) is 0 Å². The number of aliphatic carboxylic acids is 1. The monoisotopic (exact) mass is 343 g/mol. The number of rotatable bonds is 4. The van der Waals surface area contributed by atoms with E-state index in [9.17, 15) is 9.90 Å². The highest BCUT2D eigenvalue weighted by Gasteiger charge is 2.21. The summed E-state index contributed by atoms with van der Waals surface area (Å²) in [5.74, 6) is -1.37. The molecule has 3 aromatic rings. The third kappa shape index (κ3) is 2.72. The van der Waals surface area contributed by atoms with Crippen molar-refractivity contribution in [2.45, 2.75) is 12.5 Å². The lowest BCUT2D eigenvalue weighted by molar-refractivity contribution is -0.139. The molecule has 0 radical (unpaired) electrons. The molecule has 3 rings (SSSR count). The number of halogens is 1. The van der Waals surface area contributed by atoms with Crippen molar-refractivity contribution in [1.82, 2.24) is 4.57 Å². The van der Waals surface area contributed by atoms with Crippen molar-refractivity contribution in [3.8, 4) is 0 Å². The van der Waals surface area contributed by atoms with Crippen LogP contribution in [-0.2, 0) is 11.3 Å². The van der Waals surface area contributed by atoms with Crippen molar-refractivity contribution >= 4 is 32.8 Å². The largest absolute Gasteiger partial charge is 0.481 e. The van der Waals surface area contributed by atoms with Gasteiger partial charge in [-0.2, -0.15) is 0 Å². The summed E-state index contributed by atoms with van der Waals surface area (Å²) in [6.45, 7) is 0.408. The van der Waals surface area contributed by atoms with E-state index in [4.69, 9.17) is 0 Å². The highest BCUT2D eigenvalue weighted by Crippen LogP contribution is 2.28. The Balaban J connectivity index is 2.01. The van der Waals surface area contributed by atoms with Crippen LogP contribution in [0.1, 0.15) is 11.5 Å². The number of aromatic nitrogens is 1. The fourth-order valence-corrected chi connectivity index (χ4v) is 3.14. The molecule has 0 aliphatic carbocycles. The van der Waals surface area contributed by atoms with Gasteiger partial charge in [0, 0.05) is 28.1 Å². The molecule has 2 aromatic carbocycles. The molecular formula is C17H14BrNO2. The lowest BCUT2D eigenvalue weighted by Gasteiger charge is -2.14. The molecule has 0 saturated heterocycles. The highest BCUT2D eigenvalue weighted by molar-refractivity contribution is 9.10. The second-order valence-electron chi connectivity index (χ2n) is 4.95. The van der Waals surface area contributed by atoms with E-state index in [1.807, 2.05) is 65.4 Å². The van der Waals surface area contributed by atoms with Crippen LogP contribution < -0.4 is 0 Å². The molecule has 1 unspecified atom stereocenters. The first-order valence-electron chi connectivity index (χ1n) is 6.68. The number of carbonyl (C=O) groups is 1. The van der Waals surface area contributed by atoms with Crippen LogP contribution >= 0.6 is 15.9 Å². The Morgan fingerprint density at radius 3 is 2.48 bits per heavy atom. The Labute approximate surface area is 131 Å². The van der Waals surface area contributed by atoms with E-state index in [1.165, 1.54) is 0 Å². The van der Waals surface area contributed by atoms with Crippen LogP contribution in [0.4, 0.5) is 0 Å². The lowest BCUT2D eigenvalue weighted by atomic mass is 9.99. The zero-order valence-electron chi connectivity index (χ0n) is 11.2. The minimum atomic E-state index is -0.810. The SMILES string of the molecule is O=C(O)C(Cn1cc(Br)c2ccccc21)c1ccccc1. The fraction of sp³-hybridized carbons (Fsp3) is 0.118. The van der Waals surface area contributed by atoms with E-state index >= 15 is 0 Å². The zero-order chi connectivity index (χ0) is 14.8. The van der Waals surface area contributed by atoms with Gasteiger partial charge in [0.1, 0.15) is 0 Å². The van der Waals surface area contributed by atoms with Gasteiger partial charge in [0.2, 0.25) is 0 Å². The number of fused-ring (bicyclic) bond motifs is 1. The smallest absolute Gasteiger partial charge is 0.312 e. The fourth-order valence-electron chi connectivity index (χ4n) is 2.56. The number of carboxylic acid groups (broad SMARTS) is 1. The van der Waals surface area contributed by atoms with Crippen molar-refractivity contribution in [1.29, 1.82) is 0 Å². The van der Waals surface area contributed by atoms with E-state index in [2.05, 4.69) is 15.9 Å². The van der Waals surface area contributed by atoms with Gasteiger partial charge in [0.25, 0.3) is 0 Å². The molecule has 0 aliphatic rings. The van der Waals surface area contributed by atoms with Gasteiger partial charge < -0.3 is 9.67 Å². The first-order valence-corrected chi connectivity index (χ1v) is 7.47. The Bertz CT molecular complexity index is 780. The van der Waals surface area contributed by atoms with Crippen molar-refractivity contribution in [2.24, 2.45) is 0 Å². The molecule has 0 saturated carbocycles. The summed E-state index contributed by atoms with van der Waals surface area (Å²) in [6.07, 6.45) is 1.95. The maximum Gasteiger partial charge on any atom is 0.312 e. The molecule has 1 atom stereocenters. The molecule has 0 bridgehead atoms. The summed E-state index contributed by atoms with van der Waals surface area (Å²) < 4.78 is 2.97. The second-order valence-corrected chi connectivity index (χ2v) is 5.80. The maximum atomic E-state index is 11.6. The van der Waals surface area contributed by atoms with Gasteiger partial charge in [-0.05, 0) is 27.6 Å². The number of nitrogens with zero attached hydrogens (tertiary/aromatic N) is 1. The molecular weight excluding hydrogens is 330 g/mol. The predicted octanol–water partition coefficient (Wildman–Crippen LogP) is 4.27. The van der Waals surface area contributed by atoms with Crippen LogP contribution in [0.2, 0.25) is 0 Å². The molecule has 3 nitrogen and oxygen atoms in total. The van der Waals surface area contributed by atoms with Gasteiger partial charge >= 0.3 is 5.97 Å². The molecule has 21 heavy (non-hydrogen) atoms. The minimum absolute atomic E-state index is 0.408. The first kappa shape index (κ1) is 13.9. The zero-order valence-corrected chi connectivity index (χ0v) is 12.8. The minimum Gasteiger partial charge on any atom is -0.481 e. The standard InChI is InChI=1S/C17H14BrNO2/c18-15-11-19(16-9-5-4-8-13(15)16)10-14(17(20)21)12-6-2-1-3-7-12/h1-9,11,14H,10H2,(H,20,21). The van der Waals surface area contributed by atoms with Crippen LogP contribution in [0, 0.1) is 0 Å². The highest BCUT2D eigenvalue weighted by atomic mass is 79.9. The summed E-state index contributed by atoms with van der Waals surface area (Å²) in [5.41, 5.74) is 1.85. The average molecular weight is 344 g/mol. The molecule has 4 heteroatoms. The van der Waals surface area contributed by atoms with Gasteiger partial charge in [-0.15, -0.1) is 0 Å². The molecule has 0 fully saturated rings. The van der Waals surface area contributed by atoms with Crippen molar-refractivity contribution in [3.05, 3.63) is 70.8 Å². The van der Waals surface area contributed by atoms with Gasteiger partial charge in [0.05, 0.1) is 5.92 Å². The molecule has 0 amide bonds. The van der Waals surface area contributed by atoms with E-state index in [0.29, 0.717) is 6.54 Å². The van der Waals surface area contributed by atoms with Crippen molar-refractivity contribution < 1.29 is 9.90 Å². The van der Waals surface area contributed by atoms with Crippen LogP contribution in [0.3, 0.4) is 0 Å². The molecule has 0 aliphatic heterocycles. The van der Waals surface area contributed by atoms with Gasteiger partial charge in [-0.25, -0.2) is 0 Å². The first-order chi connectivity index (χ1) is 10.2. The number of para-hydroxylation sites is 1. The lowest BCUT2D eigenvalue weighted by Crippen LogP contribution is -2.17. The van der Waals surface area contributed by atoms with Gasteiger partial charge in [-0.1, -0.05) is 48.5 Å². The summed E-state index contributed by atoms with van der Waals surface area (Å²) in [5, 5.41) is 10.6. The van der Waals surface area contributed by atoms with Crippen LogP contribution in [0.25, 0.3) is 10.9 Å². The van der Waals surface area contributed by atoms with Crippen molar-refractivity contribution in [3.63, 3.8) is 0 Å². The third-order valence-electron chi connectivity index (χ3n) is 3.62. The number of benzene rings is 2. The molecule has 1 heterocycles. The Morgan fingerprint density at radius 1 is 1.10 bits per heavy atom. The van der Waals surface area contributed by atoms with Crippen LogP contribution in [-0.4, -0.2) is 15.6 Å². The summed E-state index contributed by atoms with van der Waals surface area (Å²) >= 11 is 3.53. The summed E-state index contributed by atoms with van der Waals surface area (Å²) in [7, 11) is 0. The quantitative estimate of drug-likeness (QED) is 0.768. The molecule has 106 valence electrons. The maximum absolute atomic E-state index is 11.6. The topological polar surface area (TPSA) is 42.2 Å². The van der Waals surface area contributed by atoms with Gasteiger partial charge in [-0.3, -0.25) is 4.79 Å². The molecule has 1 N–H and O–H groups in total. The van der Waals surface area contributed by atoms with Crippen molar-refractivity contribution in [2.75, 3.05) is 0 Å². The Morgan fingerprint density at radius 2 is 1.76 bits per heavy atom. The Kier molecular flexibility index (Phi) is 3.80. The van der Waals surface area contributed by atoms with Gasteiger partial charge in [0.15, 0.2) is 0 Å².